The highest BCUT2D eigenvalue weighted by atomic mass is 16.1. The standard InChI is InChI=1S/C10H9NO/c12-10-2-1-9(7-10)8-3-5-11-6-4-8/h3-7H,1-2H2. The Balaban J connectivity index is 2.33. The molecule has 0 amide bonds. The lowest BCUT2D eigenvalue weighted by Gasteiger charge is -1.98. The van der Waals surface area contributed by atoms with Crippen molar-refractivity contribution in [3.63, 3.8) is 0 Å². The molecule has 0 fully saturated rings. The van der Waals surface area contributed by atoms with Gasteiger partial charge in [-0.3, -0.25) is 9.78 Å². The second-order valence-corrected chi connectivity index (χ2v) is 2.87. The molecule has 0 saturated carbocycles. The summed E-state index contributed by atoms with van der Waals surface area (Å²) >= 11 is 0. The molecule has 0 bridgehead atoms. The molecule has 1 aliphatic carbocycles. The van der Waals surface area contributed by atoms with E-state index >= 15 is 0 Å². The van der Waals surface area contributed by atoms with E-state index in [0.29, 0.717) is 6.42 Å². The van der Waals surface area contributed by atoms with E-state index in [2.05, 4.69) is 4.98 Å². The van der Waals surface area contributed by atoms with Gasteiger partial charge < -0.3 is 0 Å². The van der Waals surface area contributed by atoms with E-state index in [0.717, 1.165) is 17.6 Å². The lowest BCUT2D eigenvalue weighted by atomic mass is 10.1. The first kappa shape index (κ1) is 7.22. The fraction of sp³-hybridized carbons (Fsp3) is 0.200. The SMILES string of the molecule is O=C1C=C(c2ccncc2)CC1. The van der Waals surface area contributed by atoms with Gasteiger partial charge in [-0.05, 0) is 35.8 Å². The third-order valence-corrected chi connectivity index (χ3v) is 2.03. The number of hydrogen-bond donors (Lipinski definition) is 0. The van der Waals surface area contributed by atoms with Crippen LogP contribution in [0.4, 0.5) is 0 Å². The predicted octanol–water partition coefficient (Wildman–Crippen LogP) is 1.83. The van der Waals surface area contributed by atoms with E-state index in [-0.39, 0.29) is 5.78 Å². The normalized spacial score (nSPS) is 16.3. The van der Waals surface area contributed by atoms with E-state index in [1.165, 1.54) is 0 Å². The molecule has 0 saturated heterocycles. The van der Waals surface area contributed by atoms with Gasteiger partial charge in [-0.25, -0.2) is 0 Å². The number of carbonyl (C=O) groups is 1. The number of ketones is 1. The Labute approximate surface area is 70.9 Å². The minimum atomic E-state index is 0.238. The smallest absolute Gasteiger partial charge is 0.156 e. The molecular formula is C10H9NO. The van der Waals surface area contributed by atoms with Crippen molar-refractivity contribution < 1.29 is 4.79 Å². The van der Waals surface area contributed by atoms with Gasteiger partial charge in [-0.2, -0.15) is 0 Å². The highest BCUT2D eigenvalue weighted by Gasteiger charge is 2.12. The second-order valence-electron chi connectivity index (χ2n) is 2.87. The van der Waals surface area contributed by atoms with E-state index in [1.807, 2.05) is 12.1 Å². The predicted molar refractivity (Wildman–Crippen MR) is 46.5 cm³/mol. The Hall–Kier alpha value is -1.44. The summed E-state index contributed by atoms with van der Waals surface area (Å²) in [6, 6.07) is 3.87. The molecule has 2 nitrogen and oxygen atoms in total. The fourth-order valence-electron chi connectivity index (χ4n) is 1.39. The van der Waals surface area contributed by atoms with E-state index in [9.17, 15) is 4.79 Å². The first-order valence-electron chi connectivity index (χ1n) is 4.00. The lowest BCUT2D eigenvalue weighted by Crippen LogP contribution is -1.80. The van der Waals surface area contributed by atoms with Crippen LogP contribution in [-0.2, 0) is 4.79 Å². The van der Waals surface area contributed by atoms with Crippen LogP contribution in [0.3, 0.4) is 0 Å². The molecule has 2 heteroatoms. The van der Waals surface area contributed by atoms with Crippen molar-refractivity contribution in [3.05, 3.63) is 36.2 Å². The van der Waals surface area contributed by atoms with E-state index in [1.54, 1.807) is 18.5 Å². The number of aromatic nitrogens is 1. The highest BCUT2D eigenvalue weighted by molar-refractivity contribution is 6.01. The van der Waals surface area contributed by atoms with E-state index in [4.69, 9.17) is 0 Å². The van der Waals surface area contributed by atoms with Gasteiger partial charge in [0.05, 0.1) is 0 Å². The van der Waals surface area contributed by atoms with Crippen molar-refractivity contribution in [1.29, 1.82) is 0 Å². The van der Waals surface area contributed by atoms with Gasteiger partial charge in [0.2, 0.25) is 0 Å². The number of rotatable bonds is 1. The topological polar surface area (TPSA) is 30.0 Å². The van der Waals surface area contributed by atoms with Crippen LogP contribution in [0.5, 0.6) is 0 Å². The van der Waals surface area contributed by atoms with Gasteiger partial charge in [0.25, 0.3) is 0 Å². The number of allylic oxidation sites excluding steroid dienone is 2. The van der Waals surface area contributed by atoms with Crippen LogP contribution in [0, 0.1) is 0 Å². The number of nitrogens with zero attached hydrogens (tertiary/aromatic N) is 1. The molecule has 0 aliphatic heterocycles. The summed E-state index contributed by atoms with van der Waals surface area (Å²) in [5.41, 5.74) is 2.26. The monoisotopic (exact) mass is 159 g/mol. The number of carbonyl (C=O) groups excluding carboxylic acids is 1. The van der Waals surface area contributed by atoms with Gasteiger partial charge in [0.1, 0.15) is 0 Å². The molecule has 60 valence electrons. The maximum absolute atomic E-state index is 10.9. The molecule has 12 heavy (non-hydrogen) atoms. The highest BCUT2D eigenvalue weighted by Crippen LogP contribution is 2.24. The largest absolute Gasteiger partial charge is 0.295 e. The van der Waals surface area contributed by atoms with Crippen LogP contribution in [0.25, 0.3) is 5.57 Å². The van der Waals surface area contributed by atoms with Crippen LogP contribution in [0.1, 0.15) is 18.4 Å². The fourth-order valence-corrected chi connectivity index (χ4v) is 1.39. The zero-order valence-corrected chi connectivity index (χ0v) is 6.66. The lowest BCUT2D eigenvalue weighted by molar-refractivity contribution is -0.114. The van der Waals surface area contributed by atoms with Gasteiger partial charge in [0, 0.05) is 18.8 Å². The molecule has 1 aromatic rings. The third-order valence-electron chi connectivity index (χ3n) is 2.03. The Morgan fingerprint density at radius 1 is 1.17 bits per heavy atom. The average molecular weight is 159 g/mol. The first-order valence-corrected chi connectivity index (χ1v) is 4.00. The zero-order chi connectivity index (χ0) is 8.39. The molecule has 0 unspecified atom stereocenters. The van der Waals surface area contributed by atoms with Crippen LogP contribution in [0.15, 0.2) is 30.6 Å². The molecule has 0 N–H and O–H groups in total. The van der Waals surface area contributed by atoms with Crippen molar-refractivity contribution in [1.82, 2.24) is 4.98 Å². The quantitative estimate of drug-likeness (QED) is 0.625. The summed E-state index contributed by atoms with van der Waals surface area (Å²) < 4.78 is 0. The summed E-state index contributed by atoms with van der Waals surface area (Å²) in [6.45, 7) is 0. The summed E-state index contributed by atoms with van der Waals surface area (Å²) in [6.07, 6.45) is 6.77. The van der Waals surface area contributed by atoms with Crippen LogP contribution in [-0.4, -0.2) is 10.8 Å². The van der Waals surface area contributed by atoms with Crippen molar-refractivity contribution in [2.45, 2.75) is 12.8 Å². The Kier molecular flexibility index (Phi) is 1.74. The third kappa shape index (κ3) is 1.28. The van der Waals surface area contributed by atoms with Crippen molar-refractivity contribution in [3.8, 4) is 0 Å². The Morgan fingerprint density at radius 2 is 1.92 bits per heavy atom. The molecule has 0 aromatic carbocycles. The number of hydrogen-bond acceptors (Lipinski definition) is 2. The van der Waals surface area contributed by atoms with Crippen molar-refractivity contribution in [2.24, 2.45) is 0 Å². The van der Waals surface area contributed by atoms with Gasteiger partial charge in [-0.1, -0.05) is 0 Å². The molecule has 2 rings (SSSR count). The molecule has 1 heterocycles. The summed E-state index contributed by atoms with van der Waals surface area (Å²) in [5, 5.41) is 0. The summed E-state index contributed by atoms with van der Waals surface area (Å²) in [7, 11) is 0. The molecule has 0 spiro atoms. The maximum atomic E-state index is 10.9. The second kappa shape index (κ2) is 2.89. The summed E-state index contributed by atoms with van der Waals surface area (Å²) in [4.78, 5) is 14.9. The molecule has 1 aliphatic rings. The summed E-state index contributed by atoms with van der Waals surface area (Å²) in [5.74, 6) is 0.238. The minimum Gasteiger partial charge on any atom is -0.295 e. The van der Waals surface area contributed by atoms with Crippen LogP contribution < -0.4 is 0 Å². The molecule has 0 radical (unpaired) electrons. The zero-order valence-electron chi connectivity index (χ0n) is 6.66. The molecule has 0 atom stereocenters. The average Bonchev–Trinajstić information content (AvgIpc) is 2.54. The molecule has 1 aromatic heterocycles. The van der Waals surface area contributed by atoms with Crippen LogP contribution >= 0.6 is 0 Å². The maximum Gasteiger partial charge on any atom is 0.156 e. The first-order chi connectivity index (χ1) is 5.86. The Bertz CT molecular complexity index is 327. The van der Waals surface area contributed by atoms with Crippen molar-refractivity contribution in [2.75, 3.05) is 0 Å². The number of pyridine rings is 1. The van der Waals surface area contributed by atoms with Gasteiger partial charge in [0.15, 0.2) is 5.78 Å². The Morgan fingerprint density at radius 3 is 2.50 bits per heavy atom. The van der Waals surface area contributed by atoms with Crippen LogP contribution in [0.2, 0.25) is 0 Å². The van der Waals surface area contributed by atoms with Gasteiger partial charge >= 0.3 is 0 Å². The van der Waals surface area contributed by atoms with Gasteiger partial charge in [-0.15, -0.1) is 0 Å². The molecular weight excluding hydrogens is 150 g/mol. The minimum absolute atomic E-state index is 0.238. The van der Waals surface area contributed by atoms with E-state index < -0.39 is 0 Å². The van der Waals surface area contributed by atoms with Crippen molar-refractivity contribution >= 4 is 11.4 Å².